The van der Waals surface area contributed by atoms with Gasteiger partial charge in [-0.05, 0) is 36.8 Å². The lowest BCUT2D eigenvalue weighted by molar-refractivity contribution is 0.415. The van der Waals surface area contributed by atoms with Gasteiger partial charge in [-0.3, -0.25) is 0 Å². The van der Waals surface area contributed by atoms with Gasteiger partial charge in [-0.25, -0.2) is 9.97 Å². The summed E-state index contributed by atoms with van der Waals surface area (Å²) in [4.78, 5) is 8.90. The maximum Gasteiger partial charge on any atom is 0.161 e. The van der Waals surface area contributed by atoms with Gasteiger partial charge in [-0.2, -0.15) is 0 Å². The number of hydrogen-bond acceptors (Lipinski definition) is 3. The van der Waals surface area contributed by atoms with E-state index in [1.165, 1.54) is 0 Å². The van der Waals surface area contributed by atoms with Gasteiger partial charge in [0.25, 0.3) is 0 Å². The first-order chi connectivity index (χ1) is 10.1. The third-order valence-corrected chi connectivity index (χ3v) is 3.98. The molecule has 0 radical (unpaired) electrons. The molecule has 0 N–H and O–H groups in total. The maximum atomic E-state index is 6.27. The maximum absolute atomic E-state index is 6.27. The van der Waals surface area contributed by atoms with Crippen molar-refractivity contribution in [2.75, 3.05) is 7.11 Å². The monoisotopic (exact) mass is 318 g/mol. The molecule has 0 aliphatic heterocycles. The molecule has 0 saturated carbocycles. The van der Waals surface area contributed by atoms with E-state index in [1.54, 1.807) is 7.11 Å². The van der Waals surface area contributed by atoms with Gasteiger partial charge in [0.05, 0.1) is 12.6 Å². The summed E-state index contributed by atoms with van der Waals surface area (Å²) in [6.45, 7) is 1.95. The van der Waals surface area contributed by atoms with Crippen LogP contribution in [0.1, 0.15) is 5.56 Å². The Kier molecular flexibility index (Phi) is 3.70. The number of aryl methyl sites for hydroxylation is 1. The Hall–Kier alpha value is -1.84. The zero-order chi connectivity index (χ0) is 15.0. The van der Waals surface area contributed by atoms with Crippen LogP contribution in [0.15, 0.2) is 36.4 Å². The SMILES string of the molecule is COc1ccc2nc(-c3ccc(C)c(Cl)c3)nc(Cl)c2c1. The minimum atomic E-state index is 0.394. The Morgan fingerprint density at radius 2 is 1.81 bits per heavy atom. The number of fused-ring (bicyclic) bond motifs is 1. The highest BCUT2D eigenvalue weighted by atomic mass is 35.5. The second-order valence-corrected chi connectivity index (χ2v) is 5.45. The quantitative estimate of drug-likeness (QED) is 0.629. The first-order valence-electron chi connectivity index (χ1n) is 6.36. The molecule has 5 heteroatoms. The zero-order valence-electron chi connectivity index (χ0n) is 11.5. The highest BCUT2D eigenvalue weighted by molar-refractivity contribution is 6.34. The largest absolute Gasteiger partial charge is 0.497 e. The van der Waals surface area contributed by atoms with Gasteiger partial charge in [0.15, 0.2) is 5.82 Å². The number of hydrogen-bond donors (Lipinski definition) is 0. The van der Waals surface area contributed by atoms with Crippen LogP contribution >= 0.6 is 23.2 Å². The summed E-state index contributed by atoms with van der Waals surface area (Å²) in [5.74, 6) is 1.28. The molecule has 0 saturated heterocycles. The summed E-state index contributed by atoms with van der Waals surface area (Å²) in [5, 5.41) is 1.84. The van der Waals surface area contributed by atoms with Crippen LogP contribution in [0.5, 0.6) is 5.75 Å². The number of benzene rings is 2. The second-order valence-electron chi connectivity index (χ2n) is 4.69. The van der Waals surface area contributed by atoms with Crippen LogP contribution in [0.3, 0.4) is 0 Å². The van der Waals surface area contributed by atoms with Crippen LogP contribution in [-0.4, -0.2) is 17.1 Å². The first kappa shape index (κ1) is 14.1. The summed E-state index contributed by atoms with van der Waals surface area (Å²) in [7, 11) is 1.61. The van der Waals surface area contributed by atoms with Gasteiger partial charge in [0.2, 0.25) is 0 Å². The van der Waals surface area contributed by atoms with Crippen molar-refractivity contribution in [3.8, 4) is 17.1 Å². The van der Waals surface area contributed by atoms with E-state index in [0.717, 1.165) is 27.8 Å². The Morgan fingerprint density at radius 3 is 2.52 bits per heavy atom. The van der Waals surface area contributed by atoms with Crippen LogP contribution in [-0.2, 0) is 0 Å². The second kappa shape index (κ2) is 5.51. The summed E-state index contributed by atoms with van der Waals surface area (Å²) in [6, 6.07) is 11.2. The van der Waals surface area contributed by atoms with Crippen molar-refractivity contribution in [2.45, 2.75) is 6.92 Å². The number of halogens is 2. The van der Waals surface area contributed by atoms with Gasteiger partial charge < -0.3 is 4.74 Å². The molecule has 21 heavy (non-hydrogen) atoms. The predicted octanol–water partition coefficient (Wildman–Crippen LogP) is 4.92. The molecular formula is C16H12Cl2N2O. The van der Waals surface area contributed by atoms with E-state index < -0.39 is 0 Å². The molecule has 0 aliphatic carbocycles. The Morgan fingerprint density at radius 1 is 1.00 bits per heavy atom. The van der Waals surface area contributed by atoms with Crippen molar-refractivity contribution in [3.05, 3.63) is 52.1 Å². The number of aromatic nitrogens is 2. The molecule has 0 unspecified atom stereocenters. The molecule has 0 spiro atoms. The van der Waals surface area contributed by atoms with Gasteiger partial charge in [0, 0.05) is 16.0 Å². The minimum Gasteiger partial charge on any atom is -0.497 e. The van der Waals surface area contributed by atoms with E-state index in [0.29, 0.717) is 16.0 Å². The fourth-order valence-electron chi connectivity index (χ4n) is 2.06. The molecule has 0 amide bonds. The minimum absolute atomic E-state index is 0.394. The van der Waals surface area contributed by atoms with E-state index in [2.05, 4.69) is 9.97 Å². The lowest BCUT2D eigenvalue weighted by Crippen LogP contribution is -1.93. The van der Waals surface area contributed by atoms with Gasteiger partial charge in [-0.1, -0.05) is 35.3 Å². The average Bonchev–Trinajstić information content (AvgIpc) is 2.49. The summed E-state index contributed by atoms with van der Waals surface area (Å²) in [5.41, 5.74) is 2.62. The molecule has 3 aromatic rings. The van der Waals surface area contributed by atoms with E-state index in [1.807, 2.05) is 43.3 Å². The summed E-state index contributed by atoms with van der Waals surface area (Å²) >= 11 is 12.4. The Bertz CT molecular complexity index is 834. The van der Waals surface area contributed by atoms with E-state index >= 15 is 0 Å². The zero-order valence-corrected chi connectivity index (χ0v) is 13.0. The topological polar surface area (TPSA) is 35.0 Å². The number of methoxy groups -OCH3 is 1. The smallest absolute Gasteiger partial charge is 0.161 e. The van der Waals surface area contributed by atoms with Crippen molar-refractivity contribution in [3.63, 3.8) is 0 Å². The molecule has 1 heterocycles. The Labute approximate surface area is 132 Å². The third-order valence-electron chi connectivity index (χ3n) is 3.29. The van der Waals surface area contributed by atoms with Crippen LogP contribution in [0.2, 0.25) is 10.2 Å². The number of ether oxygens (including phenoxy) is 1. The predicted molar refractivity (Wildman–Crippen MR) is 86.3 cm³/mol. The molecule has 3 rings (SSSR count). The number of rotatable bonds is 2. The molecule has 106 valence electrons. The molecule has 1 aromatic heterocycles. The van der Waals surface area contributed by atoms with Crippen LogP contribution in [0.4, 0.5) is 0 Å². The van der Waals surface area contributed by atoms with Crippen LogP contribution in [0.25, 0.3) is 22.3 Å². The summed E-state index contributed by atoms with van der Waals surface area (Å²) < 4.78 is 5.19. The average molecular weight is 319 g/mol. The van der Waals surface area contributed by atoms with Gasteiger partial charge >= 0.3 is 0 Å². The van der Waals surface area contributed by atoms with Crippen LogP contribution < -0.4 is 4.74 Å². The molecule has 0 fully saturated rings. The lowest BCUT2D eigenvalue weighted by atomic mass is 10.1. The molecule has 0 bridgehead atoms. The highest BCUT2D eigenvalue weighted by Crippen LogP contribution is 2.29. The molecule has 2 aromatic carbocycles. The van der Waals surface area contributed by atoms with Crippen molar-refractivity contribution in [2.24, 2.45) is 0 Å². The Balaban J connectivity index is 2.18. The number of nitrogens with zero attached hydrogens (tertiary/aromatic N) is 2. The van der Waals surface area contributed by atoms with Gasteiger partial charge in [-0.15, -0.1) is 0 Å². The van der Waals surface area contributed by atoms with E-state index in [4.69, 9.17) is 27.9 Å². The van der Waals surface area contributed by atoms with Crippen molar-refractivity contribution in [1.82, 2.24) is 9.97 Å². The van der Waals surface area contributed by atoms with Crippen molar-refractivity contribution < 1.29 is 4.74 Å². The standard InChI is InChI=1S/C16H12Cl2N2O/c1-9-3-4-10(7-13(9)17)16-19-14-6-5-11(21-2)8-12(14)15(18)20-16/h3-8H,1-2H3. The van der Waals surface area contributed by atoms with Gasteiger partial charge in [0.1, 0.15) is 10.9 Å². The summed E-state index contributed by atoms with van der Waals surface area (Å²) in [6.07, 6.45) is 0. The fraction of sp³-hybridized carbons (Fsp3) is 0.125. The van der Waals surface area contributed by atoms with Crippen molar-refractivity contribution >= 4 is 34.1 Å². The highest BCUT2D eigenvalue weighted by Gasteiger charge is 2.10. The fourth-order valence-corrected chi connectivity index (χ4v) is 2.47. The molecule has 0 atom stereocenters. The van der Waals surface area contributed by atoms with E-state index in [-0.39, 0.29) is 0 Å². The van der Waals surface area contributed by atoms with Crippen molar-refractivity contribution in [1.29, 1.82) is 0 Å². The lowest BCUT2D eigenvalue weighted by Gasteiger charge is -2.07. The molecule has 3 nitrogen and oxygen atoms in total. The van der Waals surface area contributed by atoms with E-state index in [9.17, 15) is 0 Å². The first-order valence-corrected chi connectivity index (χ1v) is 7.12. The third kappa shape index (κ3) is 2.67. The van der Waals surface area contributed by atoms with Crippen LogP contribution in [0, 0.1) is 6.92 Å². The normalized spacial score (nSPS) is 10.9. The molecular weight excluding hydrogens is 307 g/mol. The molecule has 0 aliphatic rings.